The quantitative estimate of drug-likeness (QED) is 0.849. The van der Waals surface area contributed by atoms with Gasteiger partial charge in [-0.05, 0) is 27.0 Å². The van der Waals surface area contributed by atoms with Crippen molar-refractivity contribution in [3.05, 3.63) is 20.3 Å². The summed E-state index contributed by atoms with van der Waals surface area (Å²) in [5, 5.41) is 9.21. The predicted octanol–water partition coefficient (Wildman–Crippen LogP) is 2.94. The number of halogens is 2. The van der Waals surface area contributed by atoms with Crippen molar-refractivity contribution in [1.82, 2.24) is 4.90 Å². The Labute approximate surface area is 115 Å². The normalized spacial score (nSPS) is 12.2. The Morgan fingerprint density at radius 3 is 2.53 bits per heavy atom. The summed E-state index contributed by atoms with van der Waals surface area (Å²) >= 11 is 12.9. The number of carbonyl (C=O) groups is 1. The van der Waals surface area contributed by atoms with Crippen LogP contribution in [0.5, 0.6) is 0 Å². The molecule has 0 saturated heterocycles. The highest BCUT2D eigenvalue weighted by Gasteiger charge is 2.25. The van der Waals surface area contributed by atoms with E-state index in [1.54, 1.807) is 18.0 Å². The number of Topliss-reactive ketones (excluding diaryl/α,β-unsaturated/α-hetero) is 1. The molecule has 1 aromatic rings. The fraction of sp³-hybridized carbons (Fsp3) is 0.545. The van der Waals surface area contributed by atoms with Crippen molar-refractivity contribution >= 4 is 40.3 Å². The van der Waals surface area contributed by atoms with Gasteiger partial charge in [0.1, 0.15) is 4.34 Å². The molecule has 96 valence electrons. The Balaban J connectivity index is 2.77. The number of hydrogen-bond acceptors (Lipinski definition) is 4. The second-order valence-corrected chi connectivity index (χ2v) is 6.77. The first-order valence-electron chi connectivity index (χ1n) is 5.08. The molecule has 0 radical (unpaired) electrons. The standard InChI is InChI=1S/C11H15Cl2NO2S/c1-11(2,6-15)14(3)5-8(16)7-4-9(12)17-10(7)13/h4,15H,5-6H2,1-3H3. The van der Waals surface area contributed by atoms with Crippen LogP contribution in [0.2, 0.25) is 8.67 Å². The van der Waals surface area contributed by atoms with Gasteiger partial charge in [0.15, 0.2) is 5.78 Å². The molecular formula is C11H15Cl2NO2S. The van der Waals surface area contributed by atoms with Crippen LogP contribution in [0.3, 0.4) is 0 Å². The molecule has 0 bridgehead atoms. The van der Waals surface area contributed by atoms with E-state index in [9.17, 15) is 9.90 Å². The number of hydrogen-bond donors (Lipinski definition) is 1. The number of carbonyl (C=O) groups excluding carboxylic acids is 1. The highest BCUT2D eigenvalue weighted by Crippen LogP contribution is 2.31. The van der Waals surface area contributed by atoms with Crippen molar-refractivity contribution in [2.75, 3.05) is 20.2 Å². The molecule has 6 heteroatoms. The van der Waals surface area contributed by atoms with E-state index in [0.717, 1.165) is 0 Å². The van der Waals surface area contributed by atoms with Crippen LogP contribution in [0.4, 0.5) is 0 Å². The van der Waals surface area contributed by atoms with Crippen LogP contribution in [0.1, 0.15) is 24.2 Å². The van der Waals surface area contributed by atoms with E-state index in [4.69, 9.17) is 23.2 Å². The van der Waals surface area contributed by atoms with E-state index in [0.29, 0.717) is 14.2 Å². The number of aliphatic hydroxyl groups excluding tert-OH is 1. The molecular weight excluding hydrogens is 281 g/mol. The lowest BCUT2D eigenvalue weighted by Crippen LogP contribution is -2.46. The van der Waals surface area contributed by atoms with Gasteiger partial charge in [0.05, 0.1) is 23.1 Å². The van der Waals surface area contributed by atoms with Crippen LogP contribution in [0.15, 0.2) is 6.07 Å². The van der Waals surface area contributed by atoms with Crippen molar-refractivity contribution in [3.8, 4) is 0 Å². The lowest BCUT2D eigenvalue weighted by molar-refractivity contribution is 0.0659. The third-order valence-corrected chi connectivity index (χ3v) is 4.25. The minimum absolute atomic E-state index is 0.0189. The molecule has 1 aromatic heterocycles. The Morgan fingerprint density at radius 2 is 2.12 bits per heavy atom. The van der Waals surface area contributed by atoms with Crippen LogP contribution in [0, 0.1) is 0 Å². The molecule has 0 spiro atoms. The van der Waals surface area contributed by atoms with Crippen molar-refractivity contribution in [3.63, 3.8) is 0 Å². The maximum Gasteiger partial charge on any atom is 0.179 e. The zero-order chi connectivity index (χ0) is 13.2. The van der Waals surface area contributed by atoms with Crippen LogP contribution < -0.4 is 0 Å². The van der Waals surface area contributed by atoms with Crippen LogP contribution in [-0.2, 0) is 0 Å². The van der Waals surface area contributed by atoms with E-state index in [1.807, 2.05) is 13.8 Å². The van der Waals surface area contributed by atoms with Crippen molar-refractivity contribution in [2.45, 2.75) is 19.4 Å². The van der Waals surface area contributed by atoms with Crippen LogP contribution in [0.25, 0.3) is 0 Å². The summed E-state index contributed by atoms with van der Waals surface area (Å²) in [6.45, 7) is 3.90. The molecule has 0 saturated carbocycles. The summed E-state index contributed by atoms with van der Waals surface area (Å²) in [4.78, 5) is 13.8. The molecule has 0 atom stereocenters. The Bertz CT molecular complexity index is 418. The smallest absolute Gasteiger partial charge is 0.179 e. The summed E-state index contributed by atoms with van der Waals surface area (Å²) in [5.41, 5.74) is 0.00403. The zero-order valence-electron chi connectivity index (χ0n) is 9.96. The molecule has 0 aliphatic heterocycles. The lowest BCUT2D eigenvalue weighted by Gasteiger charge is -2.33. The maximum atomic E-state index is 12.0. The molecule has 17 heavy (non-hydrogen) atoms. The largest absolute Gasteiger partial charge is 0.394 e. The van der Waals surface area contributed by atoms with Gasteiger partial charge in [-0.2, -0.15) is 0 Å². The highest BCUT2D eigenvalue weighted by atomic mass is 35.5. The van der Waals surface area contributed by atoms with Crippen molar-refractivity contribution < 1.29 is 9.90 Å². The molecule has 1 N–H and O–H groups in total. The Kier molecular flexibility index (Phi) is 4.98. The number of thiophene rings is 1. The number of rotatable bonds is 5. The minimum atomic E-state index is -0.443. The Hall–Kier alpha value is -0.130. The monoisotopic (exact) mass is 295 g/mol. The third kappa shape index (κ3) is 3.66. The molecule has 0 unspecified atom stereocenters. The molecule has 1 rings (SSSR count). The van der Waals surface area contributed by atoms with Gasteiger partial charge in [0, 0.05) is 5.54 Å². The van der Waals surface area contributed by atoms with E-state index in [1.165, 1.54) is 11.3 Å². The third-order valence-electron chi connectivity index (χ3n) is 2.76. The summed E-state index contributed by atoms with van der Waals surface area (Å²) in [7, 11) is 1.79. The maximum absolute atomic E-state index is 12.0. The van der Waals surface area contributed by atoms with Crippen LogP contribution >= 0.6 is 34.5 Å². The van der Waals surface area contributed by atoms with Gasteiger partial charge < -0.3 is 5.11 Å². The van der Waals surface area contributed by atoms with Gasteiger partial charge in [-0.25, -0.2) is 0 Å². The van der Waals surface area contributed by atoms with Gasteiger partial charge in [-0.15, -0.1) is 11.3 Å². The SMILES string of the molecule is CN(CC(=O)c1cc(Cl)sc1Cl)C(C)(C)CO. The molecule has 1 heterocycles. The fourth-order valence-electron chi connectivity index (χ4n) is 1.17. The van der Waals surface area contributed by atoms with Gasteiger partial charge in [-0.1, -0.05) is 23.2 Å². The molecule has 3 nitrogen and oxygen atoms in total. The molecule has 0 aliphatic rings. The minimum Gasteiger partial charge on any atom is -0.394 e. The first-order chi connectivity index (χ1) is 7.77. The average molecular weight is 296 g/mol. The first-order valence-corrected chi connectivity index (χ1v) is 6.65. The van der Waals surface area contributed by atoms with Gasteiger partial charge in [0.2, 0.25) is 0 Å². The number of likely N-dealkylation sites (N-methyl/N-ethyl adjacent to an activating group) is 1. The summed E-state index contributed by atoms with van der Waals surface area (Å²) in [5.74, 6) is -0.0952. The van der Waals surface area contributed by atoms with Crippen molar-refractivity contribution in [2.24, 2.45) is 0 Å². The van der Waals surface area contributed by atoms with E-state index in [-0.39, 0.29) is 18.9 Å². The van der Waals surface area contributed by atoms with E-state index >= 15 is 0 Å². The van der Waals surface area contributed by atoms with Gasteiger partial charge in [-0.3, -0.25) is 9.69 Å². The number of aliphatic hydroxyl groups is 1. The predicted molar refractivity (Wildman–Crippen MR) is 72.5 cm³/mol. The van der Waals surface area contributed by atoms with Crippen LogP contribution in [-0.4, -0.2) is 41.5 Å². The van der Waals surface area contributed by atoms with E-state index < -0.39 is 5.54 Å². The average Bonchev–Trinajstić information content (AvgIpc) is 2.57. The highest BCUT2D eigenvalue weighted by molar-refractivity contribution is 7.20. The number of nitrogens with zero attached hydrogens (tertiary/aromatic N) is 1. The van der Waals surface area contributed by atoms with E-state index in [2.05, 4.69) is 0 Å². The lowest BCUT2D eigenvalue weighted by atomic mass is 10.0. The summed E-state index contributed by atoms with van der Waals surface area (Å²) < 4.78 is 0.914. The van der Waals surface area contributed by atoms with Gasteiger partial charge in [0.25, 0.3) is 0 Å². The molecule has 0 fully saturated rings. The van der Waals surface area contributed by atoms with Gasteiger partial charge >= 0.3 is 0 Å². The first kappa shape index (κ1) is 14.9. The molecule has 0 amide bonds. The topological polar surface area (TPSA) is 40.5 Å². The molecule has 0 aromatic carbocycles. The fourth-order valence-corrected chi connectivity index (χ4v) is 2.66. The Morgan fingerprint density at radius 1 is 1.53 bits per heavy atom. The molecule has 0 aliphatic carbocycles. The summed E-state index contributed by atoms with van der Waals surface area (Å²) in [6.07, 6.45) is 0. The second-order valence-electron chi connectivity index (χ2n) is 4.49. The second kappa shape index (κ2) is 5.67. The number of ketones is 1. The zero-order valence-corrected chi connectivity index (χ0v) is 12.3. The van der Waals surface area contributed by atoms with Crippen molar-refractivity contribution in [1.29, 1.82) is 0 Å². The summed E-state index contributed by atoms with van der Waals surface area (Å²) in [6, 6.07) is 1.58.